The number of thioether (sulfide) groups is 1. The molecule has 0 aliphatic rings. The average Bonchev–Trinajstić information content (AvgIpc) is 2.39. The van der Waals surface area contributed by atoms with Gasteiger partial charge in [0.15, 0.2) is 0 Å². The van der Waals surface area contributed by atoms with Crippen LogP contribution in [0.15, 0.2) is 30.3 Å². The molecule has 0 bridgehead atoms. The highest BCUT2D eigenvalue weighted by atomic mass is 32.2. The summed E-state index contributed by atoms with van der Waals surface area (Å²) < 4.78 is 0. The first-order valence-electron chi connectivity index (χ1n) is 7.80. The predicted molar refractivity (Wildman–Crippen MR) is 99.6 cm³/mol. The zero-order valence-corrected chi connectivity index (χ0v) is 15.7. The predicted octanol–water partition coefficient (Wildman–Crippen LogP) is 4.64. The van der Waals surface area contributed by atoms with Crippen molar-refractivity contribution in [2.75, 3.05) is 18.8 Å². The van der Waals surface area contributed by atoms with E-state index in [-0.39, 0.29) is 10.7 Å². The first kappa shape index (κ1) is 23.3. The van der Waals surface area contributed by atoms with Crippen LogP contribution >= 0.6 is 11.8 Å². The molecule has 1 aromatic rings. The van der Waals surface area contributed by atoms with Gasteiger partial charge in [0, 0.05) is 13.1 Å². The van der Waals surface area contributed by atoms with E-state index in [2.05, 4.69) is 46.8 Å². The van der Waals surface area contributed by atoms with Crippen LogP contribution in [-0.2, 0) is 0 Å². The van der Waals surface area contributed by atoms with Gasteiger partial charge >= 0.3 is 0 Å². The summed E-state index contributed by atoms with van der Waals surface area (Å²) in [6.07, 6.45) is 0. The van der Waals surface area contributed by atoms with Crippen molar-refractivity contribution in [2.45, 2.75) is 41.5 Å². The summed E-state index contributed by atoms with van der Waals surface area (Å²) in [6, 6.07) is 10.3. The highest BCUT2D eigenvalue weighted by molar-refractivity contribution is 8.13. The molecule has 0 aliphatic heterocycles. The summed E-state index contributed by atoms with van der Waals surface area (Å²) in [4.78, 5) is 13.7. The lowest BCUT2D eigenvalue weighted by Crippen LogP contribution is -2.34. The molecular formula is C18H33NO2S. The smallest absolute Gasteiger partial charge is 0.281 e. The van der Waals surface area contributed by atoms with Crippen molar-refractivity contribution in [1.29, 1.82) is 0 Å². The second kappa shape index (κ2) is 13.6. The Kier molecular flexibility index (Phi) is 14.4. The van der Waals surface area contributed by atoms with Gasteiger partial charge in [0.05, 0.1) is 0 Å². The lowest BCUT2D eigenvalue weighted by atomic mass is 10.1. The van der Waals surface area contributed by atoms with Crippen LogP contribution in [0.2, 0.25) is 0 Å². The number of hydrogen-bond donors (Lipinski definition) is 0. The minimum absolute atomic E-state index is 0. The van der Waals surface area contributed by atoms with Crippen molar-refractivity contribution in [1.82, 2.24) is 4.90 Å². The monoisotopic (exact) mass is 327 g/mol. The van der Waals surface area contributed by atoms with Crippen LogP contribution in [0.3, 0.4) is 0 Å². The van der Waals surface area contributed by atoms with Crippen LogP contribution in [0.1, 0.15) is 40.2 Å². The fourth-order valence-corrected chi connectivity index (χ4v) is 2.43. The van der Waals surface area contributed by atoms with Crippen molar-refractivity contribution in [3.63, 3.8) is 0 Å². The number of aryl methyl sites for hydroxylation is 1. The molecule has 1 aromatic carbocycles. The SMILES string of the molecule is CCSC(=O)N(CC(C)C)CC(C)C.Cc1ccccc1.O. The van der Waals surface area contributed by atoms with Gasteiger partial charge in [-0.25, -0.2) is 0 Å². The third-order valence-corrected chi connectivity index (χ3v) is 3.43. The van der Waals surface area contributed by atoms with Crippen LogP contribution in [-0.4, -0.2) is 34.5 Å². The first-order chi connectivity index (χ1) is 9.86. The Morgan fingerprint density at radius 3 is 1.77 bits per heavy atom. The largest absolute Gasteiger partial charge is 0.412 e. The van der Waals surface area contributed by atoms with Gasteiger partial charge in [-0.15, -0.1) is 0 Å². The van der Waals surface area contributed by atoms with Crippen molar-refractivity contribution >= 4 is 17.0 Å². The maximum Gasteiger partial charge on any atom is 0.281 e. The second-order valence-electron chi connectivity index (χ2n) is 6.05. The van der Waals surface area contributed by atoms with Gasteiger partial charge in [-0.1, -0.05) is 82.3 Å². The number of nitrogens with zero attached hydrogens (tertiary/aromatic N) is 1. The minimum atomic E-state index is 0. The second-order valence-corrected chi connectivity index (χ2v) is 7.26. The zero-order valence-electron chi connectivity index (χ0n) is 14.9. The van der Waals surface area contributed by atoms with Crippen molar-refractivity contribution < 1.29 is 10.3 Å². The topological polar surface area (TPSA) is 51.8 Å². The van der Waals surface area contributed by atoms with E-state index in [1.54, 1.807) is 0 Å². The van der Waals surface area contributed by atoms with E-state index in [4.69, 9.17) is 0 Å². The molecule has 3 nitrogen and oxygen atoms in total. The van der Waals surface area contributed by atoms with Crippen LogP contribution in [0, 0.1) is 18.8 Å². The highest BCUT2D eigenvalue weighted by Crippen LogP contribution is 2.12. The van der Waals surface area contributed by atoms with E-state index < -0.39 is 0 Å². The van der Waals surface area contributed by atoms with Gasteiger partial charge in [-0.05, 0) is 24.5 Å². The Morgan fingerprint density at radius 2 is 1.50 bits per heavy atom. The fourth-order valence-electron chi connectivity index (χ4n) is 1.85. The number of carbonyl (C=O) groups is 1. The molecule has 0 aromatic heterocycles. The number of benzene rings is 1. The molecule has 0 saturated carbocycles. The van der Waals surface area contributed by atoms with Crippen molar-refractivity contribution in [3.05, 3.63) is 35.9 Å². The molecule has 0 spiro atoms. The lowest BCUT2D eigenvalue weighted by molar-refractivity contribution is 0.208. The third-order valence-electron chi connectivity index (χ3n) is 2.64. The standard InChI is InChI=1S/C11H23NOS.C7H8.H2O/c1-6-14-11(13)12(7-9(2)3)8-10(4)5;1-7-5-3-2-4-6-7;/h9-10H,6-8H2,1-5H3;2-6H,1H3;1H2. The van der Waals surface area contributed by atoms with Gasteiger partial charge in [0.2, 0.25) is 0 Å². The Labute approximate surface area is 140 Å². The van der Waals surface area contributed by atoms with Gasteiger partial charge < -0.3 is 10.4 Å². The molecule has 2 N–H and O–H groups in total. The van der Waals surface area contributed by atoms with Crippen LogP contribution in [0.25, 0.3) is 0 Å². The Hall–Kier alpha value is -1.00. The zero-order chi connectivity index (χ0) is 16.3. The van der Waals surface area contributed by atoms with Crippen LogP contribution < -0.4 is 0 Å². The van der Waals surface area contributed by atoms with Crippen molar-refractivity contribution in [3.8, 4) is 0 Å². The normalized spacial score (nSPS) is 9.82. The van der Waals surface area contributed by atoms with Gasteiger partial charge in [0.25, 0.3) is 5.24 Å². The minimum Gasteiger partial charge on any atom is -0.412 e. The third kappa shape index (κ3) is 12.7. The molecule has 0 saturated heterocycles. The number of amides is 1. The molecule has 1 amide bonds. The Bertz CT molecular complexity index is 370. The molecule has 0 heterocycles. The summed E-state index contributed by atoms with van der Waals surface area (Å²) in [6.45, 7) is 14.5. The Balaban J connectivity index is 0. The van der Waals surface area contributed by atoms with Gasteiger partial charge in [-0.2, -0.15) is 0 Å². The molecule has 22 heavy (non-hydrogen) atoms. The van der Waals surface area contributed by atoms with Crippen LogP contribution in [0.4, 0.5) is 4.79 Å². The molecule has 4 heteroatoms. The van der Waals surface area contributed by atoms with E-state index in [0.29, 0.717) is 11.8 Å². The summed E-state index contributed by atoms with van der Waals surface area (Å²) in [7, 11) is 0. The molecule has 0 atom stereocenters. The molecular weight excluding hydrogens is 294 g/mol. The van der Waals surface area contributed by atoms with Gasteiger partial charge in [-0.3, -0.25) is 4.79 Å². The lowest BCUT2D eigenvalue weighted by Gasteiger charge is -2.25. The van der Waals surface area contributed by atoms with Gasteiger partial charge in [0.1, 0.15) is 0 Å². The fraction of sp³-hybridized carbons (Fsp3) is 0.611. The molecule has 0 fully saturated rings. The number of hydrogen-bond acceptors (Lipinski definition) is 2. The van der Waals surface area contributed by atoms with E-state index in [1.165, 1.54) is 17.3 Å². The highest BCUT2D eigenvalue weighted by Gasteiger charge is 2.15. The summed E-state index contributed by atoms with van der Waals surface area (Å²) in [5, 5.41) is 0.231. The maximum atomic E-state index is 11.7. The molecule has 0 radical (unpaired) electrons. The summed E-state index contributed by atoms with van der Waals surface area (Å²) in [5.74, 6) is 1.97. The van der Waals surface area contributed by atoms with E-state index in [0.717, 1.165) is 18.8 Å². The summed E-state index contributed by atoms with van der Waals surface area (Å²) >= 11 is 1.41. The first-order valence-corrected chi connectivity index (χ1v) is 8.78. The number of rotatable bonds is 5. The molecule has 0 unspecified atom stereocenters. The average molecular weight is 328 g/mol. The maximum absolute atomic E-state index is 11.7. The van der Waals surface area contributed by atoms with Crippen molar-refractivity contribution in [2.24, 2.45) is 11.8 Å². The number of carbonyl (C=O) groups excluding carboxylic acids is 1. The van der Waals surface area contributed by atoms with E-state index >= 15 is 0 Å². The quantitative estimate of drug-likeness (QED) is 0.791. The van der Waals surface area contributed by atoms with Crippen LogP contribution in [0.5, 0.6) is 0 Å². The molecule has 0 aliphatic carbocycles. The van der Waals surface area contributed by atoms with E-state index in [9.17, 15) is 4.79 Å². The van der Waals surface area contributed by atoms with E-state index in [1.807, 2.05) is 30.0 Å². The Morgan fingerprint density at radius 1 is 1.05 bits per heavy atom. The molecule has 128 valence electrons. The summed E-state index contributed by atoms with van der Waals surface area (Å²) in [5.41, 5.74) is 1.32. The molecule has 1 rings (SSSR count).